The lowest BCUT2D eigenvalue weighted by Gasteiger charge is -2.07. The molecular weight excluding hydrogens is 316 g/mol. The molecule has 0 aliphatic heterocycles. The fraction of sp³-hybridized carbons (Fsp3) is 0.111. The van der Waals surface area contributed by atoms with Gasteiger partial charge in [0.15, 0.2) is 11.5 Å². The second-order valence-corrected chi connectivity index (χ2v) is 5.41. The predicted molar refractivity (Wildman–Crippen MR) is 94.8 cm³/mol. The number of nitrogens with zero attached hydrogens (tertiary/aromatic N) is 5. The number of hydrogen-bond acceptors (Lipinski definition) is 6. The molecular formula is C18H16N6O. The minimum atomic E-state index is 0.644. The van der Waals surface area contributed by atoms with Crippen LogP contribution < -0.4 is 10.1 Å². The largest absolute Gasteiger partial charge is 0.497 e. The highest BCUT2D eigenvalue weighted by atomic mass is 16.5. The van der Waals surface area contributed by atoms with Crippen LogP contribution in [0.3, 0.4) is 0 Å². The fourth-order valence-electron chi connectivity index (χ4n) is 2.56. The normalized spacial score (nSPS) is 10.8. The molecule has 1 aromatic carbocycles. The van der Waals surface area contributed by atoms with Crippen molar-refractivity contribution in [3.8, 4) is 11.6 Å². The maximum Gasteiger partial charge on any atom is 0.170 e. The van der Waals surface area contributed by atoms with Crippen molar-refractivity contribution in [1.82, 2.24) is 24.7 Å². The van der Waals surface area contributed by atoms with Crippen molar-refractivity contribution < 1.29 is 4.74 Å². The van der Waals surface area contributed by atoms with Crippen molar-refractivity contribution in [3.05, 3.63) is 66.7 Å². The van der Waals surface area contributed by atoms with Crippen molar-refractivity contribution in [2.45, 2.75) is 6.54 Å². The van der Waals surface area contributed by atoms with Crippen LogP contribution in [0.1, 0.15) is 5.56 Å². The Labute approximate surface area is 144 Å². The number of methoxy groups -OCH3 is 1. The lowest BCUT2D eigenvalue weighted by Crippen LogP contribution is -2.03. The van der Waals surface area contributed by atoms with Crippen LogP contribution in [0.4, 0.5) is 5.82 Å². The summed E-state index contributed by atoms with van der Waals surface area (Å²) in [5, 5.41) is 8.59. The zero-order valence-corrected chi connectivity index (χ0v) is 13.6. The number of pyridine rings is 1. The molecule has 124 valence electrons. The van der Waals surface area contributed by atoms with Gasteiger partial charge in [-0.3, -0.25) is 0 Å². The average molecular weight is 332 g/mol. The van der Waals surface area contributed by atoms with Gasteiger partial charge in [0.05, 0.1) is 18.7 Å². The van der Waals surface area contributed by atoms with Gasteiger partial charge in [0.1, 0.15) is 17.9 Å². The first-order valence-corrected chi connectivity index (χ1v) is 7.82. The maximum atomic E-state index is 5.18. The van der Waals surface area contributed by atoms with Gasteiger partial charge in [0.25, 0.3) is 0 Å². The van der Waals surface area contributed by atoms with E-state index >= 15 is 0 Å². The minimum absolute atomic E-state index is 0.644. The summed E-state index contributed by atoms with van der Waals surface area (Å²) >= 11 is 0. The highest BCUT2D eigenvalue weighted by molar-refractivity contribution is 5.86. The van der Waals surface area contributed by atoms with Crippen LogP contribution in [0.25, 0.3) is 16.9 Å². The molecule has 0 amide bonds. The van der Waals surface area contributed by atoms with Gasteiger partial charge in [-0.25, -0.2) is 15.0 Å². The lowest BCUT2D eigenvalue weighted by molar-refractivity contribution is 0.414. The van der Waals surface area contributed by atoms with Gasteiger partial charge in [-0.15, -0.1) is 0 Å². The molecule has 0 fully saturated rings. The van der Waals surface area contributed by atoms with Gasteiger partial charge in [0.2, 0.25) is 0 Å². The molecule has 0 saturated heterocycles. The highest BCUT2D eigenvalue weighted by Gasteiger charge is 2.11. The van der Waals surface area contributed by atoms with E-state index in [1.54, 1.807) is 24.2 Å². The molecule has 0 saturated carbocycles. The first-order valence-electron chi connectivity index (χ1n) is 7.82. The van der Waals surface area contributed by atoms with E-state index in [1.807, 2.05) is 42.5 Å². The number of ether oxygens (including phenoxy) is 1. The van der Waals surface area contributed by atoms with Crippen LogP contribution in [0.5, 0.6) is 5.75 Å². The van der Waals surface area contributed by atoms with E-state index in [1.165, 1.54) is 6.33 Å². The van der Waals surface area contributed by atoms with Crippen LogP contribution in [-0.4, -0.2) is 31.8 Å². The second-order valence-electron chi connectivity index (χ2n) is 5.41. The van der Waals surface area contributed by atoms with Gasteiger partial charge in [0, 0.05) is 12.7 Å². The van der Waals surface area contributed by atoms with Crippen molar-refractivity contribution in [1.29, 1.82) is 0 Å². The summed E-state index contributed by atoms with van der Waals surface area (Å²) in [6, 6.07) is 13.6. The Bertz CT molecular complexity index is 982. The Morgan fingerprint density at radius 1 is 1.04 bits per heavy atom. The van der Waals surface area contributed by atoms with Crippen LogP contribution in [0.15, 0.2) is 61.2 Å². The van der Waals surface area contributed by atoms with Gasteiger partial charge in [-0.05, 0) is 29.8 Å². The Balaban J connectivity index is 1.61. The van der Waals surface area contributed by atoms with E-state index in [2.05, 4.69) is 25.4 Å². The van der Waals surface area contributed by atoms with Crippen LogP contribution in [-0.2, 0) is 6.54 Å². The van der Waals surface area contributed by atoms with Gasteiger partial charge in [-0.2, -0.15) is 9.78 Å². The maximum absolute atomic E-state index is 5.18. The van der Waals surface area contributed by atoms with Crippen LogP contribution in [0.2, 0.25) is 0 Å². The molecule has 1 N–H and O–H groups in total. The van der Waals surface area contributed by atoms with Crippen LogP contribution >= 0.6 is 0 Å². The molecule has 0 spiro atoms. The Kier molecular flexibility index (Phi) is 3.96. The van der Waals surface area contributed by atoms with E-state index in [9.17, 15) is 0 Å². The molecule has 0 aliphatic rings. The summed E-state index contributed by atoms with van der Waals surface area (Å²) in [6.45, 7) is 0.644. The van der Waals surface area contributed by atoms with Crippen molar-refractivity contribution in [3.63, 3.8) is 0 Å². The number of nitrogens with one attached hydrogen (secondary N) is 1. The lowest BCUT2D eigenvalue weighted by atomic mass is 10.2. The molecule has 0 atom stereocenters. The second kappa shape index (κ2) is 6.56. The van der Waals surface area contributed by atoms with E-state index in [-0.39, 0.29) is 0 Å². The number of fused-ring (bicyclic) bond motifs is 1. The fourth-order valence-corrected chi connectivity index (χ4v) is 2.56. The molecule has 7 heteroatoms. The molecule has 3 heterocycles. The third kappa shape index (κ3) is 2.99. The van der Waals surface area contributed by atoms with E-state index in [4.69, 9.17) is 4.74 Å². The quantitative estimate of drug-likeness (QED) is 0.605. The van der Waals surface area contributed by atoms with Crippen molar-refractivity contribution >= 4 is 16.9 Å². The van der Waals surface area contributed by atoms with E-state index < -0.39 is 0 Å². The smallest absolute Gasteiger partial charge is 0.170 e. The van der Waals surface area contributed by atoms with Gasteiger partial charge in [-0.1, -0.05) is 18.2 Å². The first-order chi connectivity index (χ1) is 12.3. The standard InChI is InChI=1S/C18H16N6O/c1-25-14-7-5-13(6-8-14)10-20-17-15-11-23-24(18(15)22-12-21-17)16-4-2-3-9-19-16/h2-9,11-12H,10H2,1H3,(H,20,21,22). The van der Waals surface area contributed by atoms with Crippen LogP contribution in [0, 0.1) is 0 Å². The van der Waals surface area contributed by atoms with Gasteiger partial charge < -0.3 is 10.1 Å². The molecule has 7 nitrogen and oxygen atoms in total. The summed E-state index contributed by atoms with van der Waals surface area (Å²) in [4.78, 5) is 13.0. The number of benzene rings is 1. The predicted octanol–water partition coefficient (Wildman–Crippen LogP) is 2.83. The zero-order chi connectivity index (χ0) is 17.1. The summed E-state index contributed by atoms with van der Waals surface area (Å²) in [7, 11) is 1.66. The Morgan fingerprint density at radius 2 is 1.92 bits per heavy atom. The summed E-state index contributed by atoms with van der Waals surface area (Å²) in [6.07, 6.45) is 5.01. The summed E-state index contributed by atoms with van der Waals surface area (Å²) in [5.74, 6) is 2.30. The average Bonchev–Trinajstić information content (AvgIpc) is 3.12. The van der Waals surface area contributed by atoms with Crippen molar-refractivity contribution in [2.24, 2.45) is 0 Å². The number of hydrogen-bond donors (Lipinski definition) is 1. The molecule has 3 aromatic heterocycles. The van der Waals surface area contributed by atoms with E-state index in [0.717, 1.165) is 28.3 Å². The summed E-state index contributed by atoms with van der Waals surface area (Å²) in [5.41, 5.74) is 1.84. The van der Waals surface area contributed by atoms with Crippen molar-refractivity contribution in [2.75, 3.05) is 12.4 Å². The van der Waals surface area contributed by atoms with E-state index in [0.29, 0.717) is 12.2 Å². The number of rotatable bonds is 5. The molecule has 0 aliphatic carbocycles. The van der Waals surface area contributed by atoms with Gasteiger partial charge >= 0.3 is 0 Å². The SMILES string of the molecule is COc1ccc(CNc2ncnc3c2cnn3-c2ccccn2)cc1. The summed E-state index contributed by atoms with van der Waals surface area (Å²) < 4.78 is 6.88. The minimum Gasteiger partial charge on any atom is -0.497 e. The Morgan fingerprint density at radius 3 is 2.68 bits per heavy atom. The monoisotopic (exact) mass is 332 g/mol. The first kappa shape index (κ1) is 15.1. The highest BCUT2D eigenvalue weighted by Crippen LogP contribution is 2.21. The molecule has 4 rings (SSSR count). The molecule has 0 unspecified atom stereocenters. The topological polar surface area (TPSA) is 77.8 Å². The molecule has 0 bridgehead atoms. The third-order valence-electron chi connectivity index (χ3n) is 3.85. The Hall–Kier alpha value is -3.48. The third-order valence-corrected chi connectivity index (χ3v) is 3.85. The molecule has 4 aromatic rings. The molecule has 0 radical (unpaired) electrons. The number of anilines is 1. The zero-order valence-electron chi connectivity index (χ0n) is 13.6. The number of aromatic nitrogens is 5. The molecule has 25 heavy (non-hydrogen) atoms.